The number of aldehydes is 1. The van der Waals surface area contributed by atoms with Crippen LogP contribution in [0.4, 0.5) is 4.79 Å². The van der Waals surface area contributed by atoms with Crippen molar-refractivity contribution in [2.75, 3.05) is 19.7 Å². The van der Waals surface area contributed by atoms with E-state index < -0.39 is 29.9 Å². The van der Waals surface area contributed by atoms with Gasteiger partial charge in [0.15, 0.2) is 11.9 Å². The summed E-state index contributed by atoms with van der Waals surface area (Å²) in [6.45, 7) is 4.66. The number of carbonyl (C=O) groups excluding carboxylic acids is 2. The van der Waals surface area contributed by atoms with E-state index in [9.17, 15) is 14.4 Å². The summed E-state index contributed by atoms with van der Waals surface area (Å²) < 4.78 is 10.1. The highest BCUT2D eigenvalue weighted by Crippen LogP contribution is 2.25. The molecule has 1 heterocycles. The lowest BCUT2D eigenvalue weighted by molar-refractivity contribution is -0.168. The van der Waals surface area contributed by atoms with Crippen LogP contribution in [0.25, 0.3) is 0 Å². The number of carbonyl (C=O) groups is 3. The maximum Gasteiger partial charge on any atom is 0.410 e. The molecule has 1 saturated heterocycles. The van der Waals surface area contributed by atoms with E-state index in [0.717, 1.165) is 0 Å². The summed E-state index contributed by atoms with van der Waals surface area (Å²) in [5, 5.41) is 8.47. The van der Waals surface area contributed by atoms with Gasteiger partial charge in [0, 0.05) is 0 Å². The van der Waals surface area contributed by atoms with Gasteiger partial charge in [-0.15, -0.1) is 0 Å². The van der Waals surface area contributed by atoms with Crippen LogP contribution in [-0.2, 0) is 19.1 Å². The monoisotopic (exact) mass is 259 g/mol. The van der Waals surface area contributed by atoms with Crippen molar-refractivity contribution < 1.29 is 29.0 Å². The van der Waals surface area contributed by atoms with Crippen molar-refractivity contribution >= 4 is 18.3 Å². The zero-order chi connectivity index (χ0) is 14.0. The van der Waals surface area contributed by atoms with E-state index >= 15 is 0 Å². The molecule has 0 aliphatic carbocycles. The lowest BCUT2D eigenvalue weighted by atomic mass is 9.96. The normalized spacial score (nSPS) is 17.8. The van der Waals surface area contributed by atoms with Gasteiger partial charge in [-0.05, 0) is 20.8 Å². The molecular weight excluding hydrogens is 242 g/mol. The highest BCUT2D eigenvalue weighted by Gasteiger charge is 2.48. The molecule has 0 aromatic rings. The molecule has 0 aromatic carbocycles. The van der Waals surface area contributed by atoms with Crippen LogP contribution in [0.15, 0.2) is 0 Å². The van der Waals surface area contributed by atoms with E-state index in [1.807, 2.05) is 0 Å². The topological polar surface area (TPSA) is 93.1 Å². The van der Waals surface area contributed by atoms with Crippen molar-refractivity contribution in [3.8, 4) is 0 Å². The number of nitrogens with zero attached hydrogens (tertiary/aromatic N) is 1. The fourth-order valence-electron chi connectivity index (χ4n) is 1.46. The van der Waals surface area contributed by atoms with E-state index in [1.54, 1.807) is 20.8 Å². The smallest absolute Gasteiger partial charge is 0.410 e. The molecule has 1 N–H and O–H groups in total. The Morgan fingerprint density at radius 2 is 1.94 bits per heavy atom. The Labute approximate surface area is 105 Å². The zero-order valence-corrected chi connectivity index (χ0v) is 10.6. The zero-order valence-electron chi connectivity index (χ0n) is 10.6. The Bertz CT molecular complexity index is 353. The van der Waals surface area contributed by atoms with E-state index in [2.05, 4.69) is 0 Å². The van der Waals surface area contributed by atoms with E-state index in [1.165, 1.54) is 4.90 Å². The van der Waals surface area contributed by atoms with Crippen molar-refractivity contribution in [3.05, 3.63) is 0 Å². The number of amides is 1. The molecule has 0 unspecified atom stereocenters. The van der Waals surface area contributed by atoms with Crippen LogP contribution < -0.4 is 0 Å². The molecule has 0 radical (unpaired) electrons. The Balaban J connectivity index is 2.47. The van der Waals surface area contributed by atoms with Crippen molar-refractivity contribution in [1.82, 2.24) is 4.90 Å². The number of aliphatic carboxylic acids is 1. The average molecular weight is 259 g/mol. The molecule has 1 aliphatic rings. The minimum absolute atomic E-state index is 0.0126. The van der Waals surface area contributed by atoms with Crippen molar-refractivity contribution in [2.24, 2.45) is 0 Å². The van der Waals surface area contributed by atoms with Gasteiger partial charge in [0.25, 0.3) is 0 Å². The standard InChI is InChI=1S/C11H17NO6/c1-10(2,3)18-9(16)12-5-11(6-12,7-13)17-4-8(14)15/h7H,4-6H2,1-3H3,(H,14,15). The molecule has 102 valence electrons. The van der Waals surface area contributed by atoms with Gasteiger partial charge in [0.1, 0.15) is 12.2 Å². The van der Waals surface area contributed by atoms with Gasteiger partial charge in [0.05, 0.1) is 13.1 Å². The van der Waals surface area contributed by atoms with E-state index in [0.29, 0.717) is 6.29 Å². The number of hydrogen-bond acceptors (Lipinski definition) is 5. The highest BCUT2D eigenvalue weighted by molar-refractivity contribution is 5.76. The predicted octanol–water partition coefficient (Wildman–Crippen LogP) is 0.276. The van der Waals surface area contributed by atoms with Crippen LogP contribution in [0.3, 0.4) is 0 Å². The largest absolute Gasteiger partial charge is 0.480 e. The van der Waals surface area contributed by atoms with Gasteiger partial charge < -0.3 is 19.5 Å². The molecule has 1 fully saturated rings. The van der Waals surface area contributed by atoms with Gasteiger partial charge in [-0.25, -0.2) is 9.59 Å². The van der Waals surface area contributed by atoms with Crippen LogP contribution >= 0.6 is 0 Å². The minimum Gasteiger partial charge on any atom is -0.480 e. The summed E-state index contributed by atoms with van der Waals surface area (Å²) in [5.41, 5.74) is -1.83. The summed E-state index contributed by atoms with van der Waals surface area (Å²) >= 11 is 0. The molecule has 1 aliphatic heterocycles. The Hall–Kier alpha value is -1.63. The molecule has 7 heteroatoms. The summed E-state index contributed by atoms with van der Waals surface area (Å²) in [6, 6.07) is 0. The molecule has 1 rings (SSSR count). The summed E-state index contributed by atoms with van der Waals surface area (Å²) in [5.74, 6) is -1.16. The summed E-state index contributed by atoms with van der Waals surface area (Å²) in [6.07, 6.45) is -0.0181. The van der Waals surface area contributed by atoms with Crippen LogP contribution in [0.2, 0.25) is 0 Å². The second-order valence-electron chi connectivity index (χ2n) is 5.20. The van der Waals surface area contributed by atoms with Crippen LogP contribution in [0.5, 0.6) is 0 Å². The lowest BCUT2D eigenvalue weighted by Gasteiger charge is -2.45. The number of hydrogen-bond donors (Lipinski definition) is 1. The fraction of sp³-hybridized carbons (Fsp3) is 0.727. The molecule has 7 nitrogen and oxygen atoms in total. The van der Waals surface area contributed by atoms with E-state index in [4.69, 9.17) is 14.6 Å². The Morgan fingerprint density at radius 1 is 1.39 bits per heavy atom. The third kappa shape index (κ3) is 3.69. The third-order valence-corrected chi connectivity index (χ3v) is 2.27. The van der Waals surface area contributed by atoms with Crippen molar-refractivity contribution in [2.45, 2.75) is 32.0 Å². The quantitative estimate of drug-likeness (QED) is 0.729. The van der Waals surface area contributed by atoms with E-state index in [-0.39, 0.29) is 13.1 Å². The molecular formula is C11H17NO6. The maximum absolute atomic E-state index is 11.6. The Morgan fingerprint density at radius 3 is 2.33 bits per heavy atom. The number of carboxylic acid groups (broad SMARTS) is 1. The average Bonchev–Trinajstić information content (AvgIpc) is 2.13. The summed E-state index contributed by atoms with van der Waals surface area (Å²) in [7, 11) is 0. The lowest BCUT2D eigenvalue weighted by Crippen LogP contribution is -2.66. The van der Waals surface area contributed by atoms with Crippen LogP contribution in [0, 0.1) is 0 Å². The van der Waals surface area contributed by atoms with Crippen molar-refractivity contribution in [3.63, 3.8) is 0 Å². The highest BCUT2D eigenvalue weighted by atomic mass is 16.6. The van der Waals surface area contributed by atoms with Gasteiger partial charge in [-0.2, -0.15) is 0 Å². The number of likely N-dealkylation sites (tertiary alicyclic amines) is 1. The molecule has 0 spiro atoms. The minimum atomic E-state index is -1.21. The first-order valence-electron chi connectivity index (χ1n) is 5.47. The molecule has 0 saturated carbocycles. The molecule has 18 heavy (non-hydrogen) atoms. The van der Waals surface area contributed by atoms with Gasteiger partial charge in [-0.3, -0.25) is 4.79 Å². The second-order valence-corrected chi connectivity index (χ2v) is 5.20. The first-order valence-corrected chi connectivity index (χ1v) is 5.47. The SMILES string of the molecule is CC(C)(C)OC(=O)N1CC(C=O)(OCC(=O)O)C1. The van der Waals surface area contributed by atoms with Crippen molar-refractivity contribution in [1.29, 1.82) is 0 Å². The van der Waals surface area contributed by atoms with Crippen LogP contribution in [0.1, 0.15) is 20.8 Å². The summed E-state index contributed by atoms with van der Waals surface area (Å²) in [4.78, 5) is 34.1. The molecule has 0 atom stereocenters. The van der Waals surface area contributed by atoms with Gasteiger partial charge >= 0.3 is 12.1 Å². The Kier molecular flexibility index (Phi) is 3.95. The molecule has 0 aromatic heterocycles. The third-order valence-electron chi connectivity index (χ3n) is 2.27. The predicted molar refractivity (Wildman–Crippen MR) is 60.2 cm³/mol. The molecule has 0 bridgehead atoms. The van der Waals surface area contributed by atoms with Gasteiger partial charge in [-0.1, -0.05) is 0 Å². The number of carboxylic acids is 1. The van der Waals surface area contributed by atoms with Crippen LogP contribution in [-0.4, -0.2) is 59.3 Å². The second kappa shape index (κ2) is 4.93. The molecule has 1 amide bonds. The van der Waals surface area contributed by atoms with Gasteiger partial charge in [0.2, 0.25) is 0 Å². The first kappa shape index (κ1) is 14.4. The number of rotatable bonds is 4. The fourth-order valence-corrected chi connectivity index (χ4v) is 1.46. The number of ether oxygens (including phenoxy) is 2. The maximum atomic E-state index is 11.6. The first-order chi connectivity index (χ1) is 8.17.